The van der Waals surface area contributed by atoms with Crippen LogP contribution in [0.5, 0.6) is 0 Å². The van der Waals surface area contributed by atoms with Crippen molar-refractivity contribution in [1.82, 2.24) is 5.32 Å². The third-order valence-corrected chi connectivity index (χ3v) is 3.03. The highest BCUT2D eigenvalue weighted by atomic mass is 19.4. The number of hydrogen-bond donors (Lipinski definition) is 1. The minimum absolute atomic E-state index is 0.139. The topological polar surface area (TPSA) is 12.0 Å². The van der Waals surface area contributed by atoms with Crippen LogP contribution in [0.2, 0.25) is 0 Å². The van der Waals surface area contributed by atoms with Crippen LogP contribution in [0.25, 0.3) is 0 Å². The van der Waals surface area contributed by atoms with Crippen LogP contribution in [0.3, 0.4) is 0 Å². The molecule has 4 heteroatoms. The normalized spacial score (nSPS) is 21.4. The highest BCUT2D eigenvalue weighted by Crippen LogP contribution is 2.33. The van der Waals surface area contributed by atoms with Gasteiger partial charge in [-0.3, -0.25) is 0 Å². The van der Waals surface area contributed by atoms with Crippen molar-refractivity contribution >= 4 is 0 Å². The van der Waals surface area contributed by atoms with Crippen LogP contribution in [0.4, 0.5) is 13.2 Å². The molecule has 1 aromatic rings. The first-order chi connectivity index (χ1) is 7.48. The highest BCUT2D eigenvalue weighted by molar-refractivity contribution is 5.36. The molecule has 1 N–H and O–H groups in total. The van der Waals surface area contributed by atoms with Crippen LogP contribution in [0.1, 0.15) is 29.5 Å². The number of halogens is 3. The highest BCUT2D eigenvalue weighted by Gasteiger charge is 2.31. The number of hydrogen-bond acceptors (Lipinski definition) is 1. The van der Waals surface area contributed by atoms with Crippen molar-refractivity contribution in [3.05, 3.63) is 34.9 Å². The van der Waals surface area contributed by atoms with Crippen LogP contribution in [0, 0.1) is 0 Å². The van der Waals surface area contributed by atoms with E-state index in [1.165, 1.54) is 12.1 Å². The van der Waals surface area contributed by atoms with Gasteiger partial charge in [0.05, 0.1) is 5.56 Å². The van der Waals surface area contributed by atoms with Gasteiger partial charge in [0.25, 0.3) is 0 Å². The molecule has 0 saturated heterocycles. The summed E-state index contributed by atoms with van der Waals surface area (Å²) in [5.74, 6) is 0.139. The molecular formula is C12H14F3N. The number of alkyl halides is 3. The van der Waals surface area contributed by atoms with Crippen LogP contribution in [-0.2, 0) is 12.6 Å². The summed E-state index contributed by atoms with van der Waals surface area (Å²) in [6, 6.07) is 4.09. The summed E-state index contributed by atoms with van der Waals surface area (Å²) in [6.45, 7) is 3.54. The van der Waals surface area contributed by atoms with Gasteiger partial charge >= 0.3 is 6.18 Å². The van der Waals surface area contributed by atoms with Crippen molar-refractivity contribution in [2.75, 3.05) is 13.1 Å². The number of rotatable bonds is 0. The molecule has 0 fully saturated rings. The number of benzene rings is 1. The summed E-state index contributed by atoms with van der Waals surface area (Å²) in [6.07, 6.45) is -3.44. The van der Waals surface area contributed by atoms with Gasteiger partial charge in [-0.15, -0.1) is 0 Å². The predicted molar refractivity (Wildman–Crippen MR) is 56.4 cm³/mol. The van der Waals surface area contributed by atoms with Gasteiger partial charge < -0.3 is 5.32 Å². The molecule has 0 aliphatic carbocycles. The number of nitrogens with one attached hydrogen (secondary N) is 1. The molecule has 1 atom stereocenters. The van der Waals surface area contributed by atoms with Crippen molar-refractivity contribution < 1.29 is 13.2 Å². The van der Waals surface area contributed by atoms with Crippen molar-refractivity contribution in [1.29, 1.82) is 0 Å². The van der Waals surface area contributed by atoms with E-state index >= 15 is 0 Å². The first kappa shape index (κ1) is 11.5. The first-order valence-electron chi connectivity index (χ1n) is 5.39. The van der Waals surface area contributed by atoms with Gasteiger partial charge in [0.15, 0.2) is 0 Å². The molecule has 0 spiro atoms. The summed E-state index contributed by atoms with van der Waals surface area (Å²) in [5.41, 5.74) is 1.32. The maximum absolute atomic E-state index is 12.6. The lowest BCUT2D eigenvalue weighted by Crippen LogP contribution is -2.18. The molecular weight excluding hydrogens is 215 g/mol. The molecule has 16 heavy (non-hydrogen) atoms. The summed E-state index contributed by atoms with van der Waals surface area (Å²) >= 11 is 0. The van der Waals surface area contributed by atoms with E-state index < -0.39 is 11.7 Å². The molecule has 1 heterocycles. The maximum Gasteiger partial charge on any atom is 0.416 e. The summed E-state index contributed by atoms with van der Waals surface area (Å²) in [7, 11) is 0. The van der Waals surface area contributed by atoms with Gasteiger partial charge in [-0.1, -0.05) is 13.0 Å². The van der Waals surface area contributed by atoms with Gasteiger partial charge in [-0.25, -0.2) is 0 Å². The maximum atomic E-state index is 12.6. The first-order valence-corrected chi connectivity index (χ1v) is 5.39. The minimum atomic E-state index is -4.24. The minimum Gasteiger partial charge on any atom is -0.316 e. The van der Waals surface area contributed by atoms with Crippen molar-refractivity contribution in [3.63, 3.8) is 0 Å². The number of fused-ring (bicyclic) bond motifs is 1. The Morgan fingerprint density at radius 3 is 2.75 bits per heavy atom. The van der Waals surface area contributed by atoms with Gasteiger partial charge in [-0.2, -0.15) is 13.2 Å². The largest absolute Gasteiger partial charge is 0.416 e. The average Bonchev–Trinajstić information content (AvgIpc) is 2.39. The molecule has 88 valence electrons. The van der Waals surface area contributed by atoms with E-state index in [-0.39, 0.29) is 5.92 Å². The lowest BCUT2D eigenvalue weighted by atomic mass is 9.93. The van der Waals surface area contributed by atoms with E-state index in [9.17, 15) is 13.2 Å². The molecule has 0 saturated carbocycles. The molecule has 1 nitrogen and oxygen atoms in total. The zero-order chi connectivity index (χ0) is 11.8. The Bertz CT molecular complexity index is 384. The molecule has 1 aliphatic heterocycles. The summed E-state index contributed by atoms with van der Waals surface area (Å²) in [5, 5.41) is 3.22. The Morgan fingerprint density at radius 1 is 1.31 bits per heavy atom. The van der Waals surface area contributed by atoms with E-state index in [1.54, 1.807) is 6.07 Å². The van der Waals surface area contributed by atoms with E-state index in [4.69, 9.17) is 0 Å². The average molecular weight is 229 g/mol. The fraction of sp³-hybridized carbons (Fsp3) is 0.500. The monoisotopic (exact) mass is 229 g/mol. The second-order valence-corrected chi connectivity index (χ2v) is 4.27. The zero-order valence-electron chi connectivity index (χ0n) is 9.06. The molecule has 2 rings (SSSR count). The molecule has 0 aromatic heterocycles. The summed E-state index contributed by atoms with van der Waals surface area (Å²) in [4.78, 5) is 0. The van der Waals surface area contributed by atoms with Crippen LogP contribution >= 0.6 is 0 Å². The molecule has 1 aromatic carbocycles. The fourth-order valence-corrected chi connectivity index (χ4v) is 2.11. The second-order valence-electron chi connectivity index (χ2n) is 4.27. The third-order valence-electron chi connectivity index (χ3n) is 3.03. The fourth-order valence-electron chi connectivity index (χ4n) is 2.11. The Kier molecular flexibility index (Phi) is 2.93. The van der Waals surface area contributed by atoms with Crippen molar-refractivity contribution in [2.45, 2.75) is 25.4 Å². The Hall–Kier alpha value is -1.03. The smallest absolute Gasteiger partial charge is 0.316 e. The van der Waals surface area contributed by atoms with Crippen molar-refractivity contribution in [2.24, 2.45) is 0 Å². The van der Waals surface area contributed by atoms with E-state index in [0.29, 0.717) is 0 Å². The standard InChI is InChI=1S/C12H14F3N/c1-8-7-16-5-4-9-2-3-10(6-11(8)9)12(13,14)15/h2-3,6,8,16H,4-5,7H2,1H3. The molecule has 0 radical (unpaired) electrons. The SMILES string of the molecule is CC1CNCCc2ccc(C(F)(F)F)cc21. The van der Waals surface area contributed by atoms with E-state index in [1.807, 2.05) is 6.92 Å². The second kappa shape index (κ2) is 4.09. The molecule has 0 bridgehead atoms. The van der Waals surface area contributed by atoms with E-state index in [2.05, 4.69) is 5.32 Å². The summed E-state index contributed by atoms with van der Waals surface area (Å²) < 4.78 is 37.7. The van der Waals surface area contributed by atoms with Gasteiger partial charge in [-0.05, 0) is 42.1 Å². The quantitative estimate of drug-likeness (QED) is 0.721. The Morgan fingerprint density at radius 2 is 2.06 bits per heavy atom. The molecule has 1 aliphatic rings. The lowest BCUT2D eigenvalue weighted by molar-refractivity contribution is -0.137. The Labute approximate surface area is 92.7 Å². The van der Waals surface area contributed by atoms with E-state index in [0.717, 1.165) is 30.6 Å². The predicted octanol–water partition coefficient (Wildman–Crippen LogP) is 2.95. The molecule has 0 amide bonds. The third kappa shape index (κ3) is 2.21. The van der Waals surface area contributed by atoms with Gasteiger partial charge in [0, 0.05) is 6.54 Å². The van der Waals surface area contributed by atoms with Crippen LogP contribution in [0.15, 0.2) is 18.2 Å². The molecule has 1 unspecified atom stereocenters. The van der Waals surface area contributed by atoms with Crippen molar-refractivity contribution in [3.8, 4) is 0 Å². The van der Waals surface area contributed by atoms with Gasteiger partial charge in [0.1, 0.15) is 0 Å². The lowest BCUT2D eigenvalue weighted by Gasteiger charge is -2.15. The van der Waals surface area contributed by atoms with Crippen LogP contribution < -0.4 is 5.32 Å². The zero-order valence-corrected chi connectivity index (χ0v) is 9.06. The van der Waals surface area contributed by atoms with Gasteiger partial charge in [0.2, 0.25) is 0 Å². The van der Waals surface area contributed by atoms with Crippen LogP contribution in [-0.4, -0.2) is 13.1 Å². The Balaban J connectivity index is 2.43.